The van der Waals surface area contributed by atoms with Crippen molar-refractivity contribution in [1.29, 1.82) is 0 Å². The van der Waals surface area contributed by atoms with Crippen LogP contribution in [0.2, 0.25) is 0 Å². The average molecular weight is 290 g/mol. The monoisotopic (exact) mass is 290 g/mol. The quantitative estimate of drug-likeness (QED) is 0.797. The Morgan fingerprint density at radius 3 is 2.71 bits per heavy atom. The minimum absolute atomic E-state index is 0.147. The van der Waals surface area contributed by atoms with Gasteiger partial charge in [-0.2, -0.15) is 0 Å². The van der Waals surface area contributed by atoms with Gasteiger partial charge >= 0.3 is 5.69 Å². The van der Waals surface area contributed by atoms with Gasteiger partial charge in [0.2, 0.25) is 5.91 Å². The van der Waals surface area contributed by atoms with E-state index in [9.17, 15) is 9.59 Å². The maximum atomic E-state index is 11.9. The van der Waals surface area contributed by atoms with Crippen LogP contribution in [-0.2, 0) is 18.4 Å². The number of carbonyl (C=O) groups is 1. The highest BCUT2D eigenvalue weighted by Gasteiger charge is 2.08. The van der Waals surface area contributed by atoms with Gasteiger partial charge in [-0.1, -0.05) is 0 Å². The summed E-state index contributed by atoms with van der Waals surface area (Å²) in [5, 5.41) is 2.72. The number of ether oxygens (including phenoxy) is 1. The fourth-order valence-corrected chi connectivity index (χ4v) is 1.90. The fourth-order valence-electron chi connectivity index (χ4n) is 1.90. The van der Waals surface area contributed by atoms with Crippen molar-refractivity contribution in [2.24, 2.45) is 7.05 Å². The molecule has 0 saturated heterocycles. The second kappa shape index (κ2) is 6.17. The molecule has 7 heteroatoms. The Kier molecular flexibility index (Phi) is 4.32. The molecule has 0 fully saturated rings. The van der Waals surface area contributed by atoms with Gasteiger partial charge in [0.05, 0.1) is 18.5 Å². The number of benzene rings is 1. The summed E-state index contributed by atoms with van der Waals surface area (Å²) >= 11 is 0. The third kappa shape index (κ3) is 3.44. The summed E-state index contributed by atoms with van der Waals surface area (Å²) in [5.74, 6) is 0.420. The summed E-state index contributed by atoms with van der Waals surface area (Å²) in [7, 11) is 3.21. The Labute approximate surface area is 121 Å². The molecule has 0 unspecified atom stereocenters. The number of rotatable bonds is 5. The fraction of sp³-hybridized carbons (Fsp3) is 0.286. The number of imidazole rings is 1. The number of nitrogen functional groups attached to an aromatic ring is 1. The maximum absolute atomic E-state index is 11.9. The molecule has 0 spiro atoms. The normalized spacial score (nSPS) is 10.4. The number of nitrogens with one attached hydrogen (secondary N) is 1. The van der Waals surface area contributed by atoms with Crippen molar-refractivity contribution in [2.45, 2.75) is 13.0 Å². The van der Waals surface area contributed by atoms with E-state index in [1.54, 1.807) is 44.8 Å². The average Bonchev–Trinajstić information content (AvgIpc) is 2.79. The van der Waals surface area contributed by atoms with E-state index in [-0.39, 0.29) is 18.0 Å². The van der Waals surface area contributed by atoms with Crippen molar-refractivity contribution in [3.8, 4) is 5.75 Å². The number of amides is 1. The number of aromatic nitrogens is 2. The SMILES string of the molecule is COc1ccc(NC(=O)CCn2ccn(C)c2=O)c(N)c1. The molecule has 7 nitrogen and oxygen atoms in total. The van der Waals surface area contributed by atoms with E-state index in [1.165, 1.54) is 9.13 Å². The van der Waals surface area contributed by atoms with Gasteiger partial charge < -0.3 is 20.4 Å². The molecule has 2 aromatic rings. The van der Waals surface area contributed by atoms with Crippen molar-refractivity contribution >= 4 is 17.3 Å². The summed E-state index contributed by atoms with van der Waals surface area (Å²) < 4.78 is 7.98. The summed E-state index contributed by atoms with van der Waals surface area (Å²) in [6.07, 6.45) is 3.49. The van der Waals surface area contributed by atoms with Crippen molar-refractivity contribution < 1.29 is 9.53 Å². The topological polar surface area (TPSA) is 91.3 Å². The molecule has 3 N–H and O–H groups in total. The van der Waals surface area contributed by atoms with Crippen molar-refractivity contribution in [2.75, 3.05) is 18.2 Å². The lowest BCUT2D eigenvalue weighted by molar-refractivity contribution is -0.116. The van der Waals surface area contributed by atoms with Crippen LogP contribution >= 0.6 is 0 Å². The first-order chi connectivity index (χ1) is 10.0. The highest BCUT2D eigenvalue weighted by molar-refractivity contribution is 5.93. The molecule has 1 aromatic heterocycles. The summed E-state index contributed by atoms with van der Waals surface area (Å²) in [6, 6.07) is 5.03. The van der Waals surface area contributed by atoms with Gasteiger partial charge in [0, 0.05) is 38.5 Å². The second-order valence-electron chi connectivity index (χ2n) is 4.64. The zero-order valence-electron chi connectivity index (χ0n) is 12.0. The Balaban J connectivity index is 1.96. The van der Waals surface area contributed by atoms with E-state index < -0.39 is 0 Å². The molecule has 0 saturated carbocycles. The standard InChI is InChI=1S/C14H18N4O3/c1-17-7-8-18(14(17)20)6-5-13(19)16-12-4-3-10(21-2)9-11(12)15/h3-4,7-9H,5-6,15H2,1-2H3,(H,16,19). The molecule has 0 aliphatic carbocycles. The number of nitrogens with two attached hydrogens (primary N) is 1. The number of aryl methyl sites for hydroxylation is 2. The van der Waals surface area contributed by atoms with Crippen LogP contribution in [0.25, 0.3) is 0 Å². The predicted molar refractivity (Wildman–Crippen MR) is 80.3 cm³/mol. The zero-order chi connectivity index (χ0) is 15.4. The summed E-state index contributed by atoms with van der Waals surface area (Å²) in [4.78, 5) is 23.5. The lowest BCUT2D eigenvalue weighted by Gasteiger charge is -2.09. The molecule has 0 radical (unpaired) electrons. The second-order valence-corrected chi connectivity index (χ2v) is 4.64. The van der Waals surface area contributed by atoms with Gasteiger partial charge in [0.25, 0.3) is 0 Å². The number of nitrogens with zero attached hydrogens (tertiary/aromatic N) is 2. The van der Waals surface area contributed by atoms with Gasteiger partial charge in [-0.25, -0.2) is 4.79 Å². The third-order valence-electron chi connectivity index (χ3n) is 3.13. The van der Waals surface area contributed by atoms with Crippen LogP contribution in [-0.4, -0.2) is 22.2 Å². The zero-order valence-corrected chi connectivity index (χ0v) is 12.0. The lowest BCUT2D eigenvalue weighted by atomic mass is 10.2. The number of carbonyl (C=O) groups excluding carboxylic acids is 1. The number of methoxy groups -OCH3 is 1. The van der Waals surface area contributed by atoms with Crippen molar-refractivity contribution in [3.05, 3.63) is 41.1 Å². The van der Waals surface area contributed by atoms with Crippen LogP contribution in [0.5, 0.6) is 5.75 Å². The molecular weight excluding hydrogens is 272 g/mol. The van der Waals surface area contributed by atoms with E-state index >= 15 is 0 Å². The smallest absolute Gasteiger partial charge is 0.327 e. The van der Waals surface area contributed by atoms with Crippen LogP contribution in [0, 0.1) is 0 Å². The van der Waals surface area contributed by atoms with E-state index in [0.717, 1.165) is 0 Å². The first-order valence-corrected chi connectivity index (χ1v) is 6.46. The molecule has 21 heavy (non-hydrogen) atoms. The molecule has 1 heterocycles. The summed E-state index contributed by atoms with van der Waals surface area (Å²) in [5.41, 5.74) is 6.64. The molecular formula is C14H18N4O3. The summed E-state index contributed by atoms with van der Waals surface area (Å²) in [6.45, 7) is 0.321. The van der Waals surface area contributed by atoms with Gasteiger partial charge in [-0.3, -0.25) is 9.36 Å². The molecule has 1 amide bonds. The van der Waals surface area contributed by atoms with Gasteiger partial charge in [-0.05, 0) is 12.1 Å². The van der Waals surface area contributed by atoms with Crippen LogP contribution in [0.1, 0.15) is 6.42 Å². The number of hydrogen-bond acceptors (Lipinski definition) is 4. The number of hydrogen-bond donors (Lipinski definition) is 2. The molecule has 0 atom stereocenters. The highest BCUT2D eigenvalue weighted by Crippen LogP contribution is 2.24. The minimum Gasteiger partial charge on any atom is -0.497 e. The van der Waals surface area contributed by atoms with Crippen LogP contribution < -0.4 is 21.5 Å². The maximum Gasteiger partial charge on any atom is 0.327 e. The molecule has 0 aliphatic heterocycles. The van der Waals surface area contributed by atoms with Crippen LogP contribution in [0.4, 0.5) is 11.4 Å². The van der Waals surface area contributed by atoms with Gasteiger partial charge in [0.15, 0.2) is 0 Å². The molecule has 0 bridgehead atoms. The van der Waals surface area contributed by atoms with Crippen molar-refractivity contribution in [3.63, 3.8) is 0 Å². The highest BCUT2D eigenvalue weighted by atomic mass is 16.5. The first-order valence-electron chi connectivity index (χ1n) is 6.46. The minimum atomic E-state index is -0.206. The Hall–Kier alpha value is -2.70. The van der Waals surface area contributed by atoms with Crippen LogP contribution in [0.3, 0.4) is 0 Å². The lowest BCUT2D eigenvalue weighted by Crippen LogP contribution is -2.24. The Morgan fingerprint density at radius 2 is 2.14 bits per heavy atom. The molecule has 112 valence electrons. The first kappa shape index (κ1) is 14.7. The molecule has 1 aromatic carbocycles. The van der Waals surface area contributed by atoms with Gasteiger partial charge in [-0.15, -0.1) is 0 Å². The Bertz CT molecular complexity index is 702. The van der Waals surface area contributed by atoms with Crippen molar-refractivity contribution in [1.82, 2.24) is 9.13 Å². The van der Waals surface area contributed by atoms with E-state index in [4.69, 9.17) is 10.5 Å². The third-order valence-corrected chi connectivity index (χ3v) is 3.13. The molecule has 2 rings (SSSR count). The van der Waals surface area contributed by atoms with E-state index in [1.807, 2.05) is 0 Å². The number of anilines is 2. The van der Waals surface area contributed by atoms with E-state index in [2.05, 4.69) is 5.32 Å². The van der Waals surface area contributed by atoms with Gasteiger partial charge in [0.1, 0.15) is 5.75 Å². The van der Waals surface area contributed by atoms with Crippen LogP contribution in [0.15, 0.2) is 35.4 Å². The Morgan fingerprint density at radius 1 is 1.38 bits per heavy atom. The predicted octanol–water partition coefficient (Wildman–Crippen LogP) is 0.806. The largest absolute Gasteiger partial charge is 0.497 e. The molecule has 0 aliphatic rings. The van der Waals surface area contributed by atoms with E-state index in [0.29, 0.717) is 23.7 Å².